The highest BCUT2D eigenvalue weighted by Gasteiger charge is 2.09. The maximum Gasteiger partial charge on any atom is 0.274 e. The lowest BCUT2D eigenvalue weighted by atomic mass is 10.2. The van der Waals surface area contributed by atoms with E-state index in [0.717, 1.165) is 15.8 Å². The zero-order valence-corrected chi connectivity index (χ0v) is 12.6. The van der Waals surface area contributed by atoms with Gasteiger partial charge in [0.1, 0.15) is 11.5 Å². The van der Waals surface area contributed by atoms with Gasteiger partial charge in [0.2, 0.25) is 0 Å². The van der Waals surface area contributed by atoms with Crippen LogP contribution in [-0.4, -0.2) is 19.2 Å². The number of furan rings is 1. The molecule has 5 nitrogen and oxygen atoms in total. The van der Waals surface area contributed by atoms with Crippen molar-refractivity contribution in [2.24, 2.45) is 5.10 Å². The molecule has 1 aromatic carbocycles. The van der Waals surface area contributed by atoms with E-state index in [-0.39, 0.29) is 5.91 Å². The molecule has 104 valence electrons. The number of hydrazone groups is 1. The molecule has 0 aliphatic carbocycles. The molecule has 20 heavy (non-hydrogen) atoms. The fourth-order valence-corrected chi connectivity index (χ4v) is 2.17. The fraction of sp³-hybridized carbons (Fsp3) is 0.143. The minimum atomic E-state index is -0.305. The molecule has 0 aliphatic rings. The molecule has 1 aromatic heterocycles. The molecule has 0 bridgehead atoms. The summed E-state index contributed by atoms with van der Waals surface area (Å²) in [6.07, 6.45) is 3.02. The molecule has 0 aliphatic heterocycles. The van der Waals surface area contributed by atoms with Crippen molar-refractivity contribution in [1.82, 2.24) is 5.43 Å². The van der Waals surface area contributed by atoms with Crippen LogP contribution >= 0.6 is 15.9 Å². The Morgan fingerprint density at radius 1 is 1.45 bits per heavy atom. The third-order valence-corrected chi connectivity index (χ3v) is 3.28. The maximum atomic E-state index is 11.8. The second kappa shape index (κ2) is 6.38. The zero-order valence-electron chi connectivity index (χ0n) is 11.0. The van der Waals surface area contributed by atoms with Crippen LogP contribution in [0.15, 0.2) is 44.5 Å². The molecule has 0 saturated carbocycles. The van der Waals surface area contributed by atoms with Crippen LogP contribution in [0.25, 0.3) is 0 Å². The van der Waals surface area contributed by atoms with Crippen LogP contribution in [-0.2, 0) is 0 Å². The lowest BCUT2D eigenvalue weighted by Crippen LogP contribution is -2.17. The number of carbonyl (C=O) groups is 1. The Hall–Kier alpha value is -2.08. The highest BCUT2D eigenvalue weighted by Crippen LogP contribution is 2.24. The van der Waals surface area contributed by atoms with Gasteiger partial charge >= 0.3 is 0 Å². The molecule has 0 fully saturated rings. The van der Waals surface area contributed by atoms with Gasteiger partial charge in [-0.25, -0.2) is 5.43 Å². The van der Waals surface area contributed by atoms with Crippen LogP contribution < -0.4 is 10.2 Å². The number of hydrogen-bond donors (Lipinski definition) is 1. The Morgan fingerprint density at radius 3 is 2.85 bits per heavy atom. The first kappa shape index (κ1) is 14.3. The van der Waals surface area contributed by atoms with Gasteiger partial charge in [0.05, 0.1) is 29.6 Å². The van der Waals surface area contributed by atoms with Gasteiger partial charge < -0.3 is 9.15 Å². The highest BCUT2D eigenvalue weighted by atomic mass is 79.9. The van der Waals surface area contributed by atoms with Crippen LogP contribution in [0.3, 0.4) is 0 Å². The number of methoxy groups -OCH3 is 1. The number of amides is 1. The first-order valence-electron chi connectivity index (χ1n) is 5.83. The summed E-state index contributed by atoms with van der Waals surface area (Å²) in [6.45, 7) is 1.72. The van der Waals surface area contributed by atoms with E-state index in [1.807, 2.05) is 18.2 Å². The number of hydrogen-bond acceptors (Lipinski definition) is 4. The summed E-state index contributed by atoms with van der Waals surface area (Å²) in [7, 11) is 1.60. The van der Waals surface area contributed by atoms with E-state index < -0.39 is 0 Å². The maximum absolute atomic E-state index is 11.8. The van der Waals surface area contributed by atoms with E-state index in [0.29, 0.717) is 11.3 Å². The van der Waals surface area contributed by atoms with Crippen LogP contribution in [0, 0.1) is 6.92 Å². The minimum Gasteiger partial charge on any atom is -0.496 e. The van der Waals surface area contributed by atoms with Crippen molar-refractivity contribution in [2.75, 3.05) is 7.11 Å². The predicted molar refractivity (Wildman–Crippen MR) is 79.2 cm³/mol. The third kappa shape index (κ3) is 3.27. The molecule has 1 heterocycles. The fourth-order valence-electron chi connectivity index (χ4n) is 1.61. The van der Waals surface area contributed by atoms with E-state index in [9.17, 15) is 4.79 Å². The van der Waals surface area contributed by atoms with Gasteiger partial charge in [-0.1, -0.05) is 0 Å². The molecular formula is C14H13BrN2O3. The number of halogens is 1. The lowest BCUT2D eigenvalue weighted by Gasteiger charge is -2.03. The van der Waals surface area contributed by atoms with Gasteiger partial charge in [0, 0.05) is 0 Å². The summed E-state index contributed by atoms with van der Waals surface area (Å²) >= 11 is 3.38. The number of carbonyl (C=O) groups excluding carboxylic acids is 1. The van der Waals surface area contributed by atoms with Crippen LogP contribution in [0.5, 0.6) is 5.75 Å². The van der Waals surface area contributed by atoms with E-state index >= 15 is 0 Å². The SMILES string of the molecule is COc1ccc(C=NNC(=O)c2ccoc2C)cc1Br. The second-order valence-corrected chi connectivity index (χ2v) is 4.84. The van der Waals surface area contributed by atoms with Crippen molar-refractivity contribution in [3.8, 4) is 5.75 Å². The van der Waals surface area contributed by atoms with Gasteiger partial charge in [-0.05, 0) is 52.7 Å². The number of rotatable bonds is 4. The summed E-state index contributed by atoms with van der Waals surface area (Å²) in [4.78, 5) is 11.8. The molecule has 0 unspecified atom stereocenters. The molecular weight excluding hydrogens is 324 g/mol. The number of aryl methyl sites for hydroxylation is 1. The van der Waals surface area contributed by atoms with Gasteiger partial charge in [-0.3, -0.25) is 4.79 Å². The molecule has 0 saturated heterocycles. The summed E-state index contributed by atoms with van der Waals surface area (Å²) < 4.78 is 11.0. The Labute approximate surface area is 124 Å². The molecule has 0 spiro atoms. The van der Waals surface area contributed by atoms with Crippen molar-refractivity contribution >= 4 is 28.1 Å². The second-order valence-electron chi connectivity index (χ2n) is 3.98. The van der Waals surface area contributed by atoms with Crippen molar-refractivity contribution in [2.45, 2.75) is 6.92 Å². The average Bonchev–Trinajstić information content (AvgIpc) is 2.85. The van der Waals surface area contributed by atoms with Crippen molar-refractivity contribution < 1.29 is 13.9 Å². The summed E-state index contributed by atoms with van der Waals surface area (Å²) in [5.41, 5.74) is 3.75. The summed E-state index contributed by atoms with van der Waals surface area (Å²) in [5.74, 6) is 0.991. The quantitative estimate of drug-likeness (QED) is 0.689. The molecule has 6 heteroatoms. The zero-order chi connectivity index (χ0) is 14.5. The average molecular weight is 337 g/mol. The molecule has 2 aromatic rings. The predicted octanol–water partition coefficient (Wildman–Crippen LogP) is 3.12. The summed E-state index contributed by atoms with van der Waals surface area (Å²) in [6, 6.07) is 7.09. The molecule has 0 radical (unpaired) electrons. The van der Waals surface area contributed by atoms with Crippen LogP contribution in [0.1, 0.15) is 21.7 Å². The van der Waals surface area contributed by atoms with Crippen molar-refractivity contribution in [3.05, 3.63) is 51.9 Å². The largest absolute Gasteiger partial charge is 0.496 e. The van der Waals surface area contributed by atoms with Crippen LogP contribution in [0.2, 0.25) is 0 Å². The standard InChI is InChI=1S/C14H13BrN2O3/c1-9-11(5-6-20-9)14(18)17-16-8-10-3-4-13(19-2)12(15)7-10/h3-8H,1-2H3,(H,17,18). The summed E-state index contributed by atoms with van der Waals surface area (Å²) in [5, 5.41) is 3.91. The van der Waals surface area contributed by atoms with Gasteiger partial charge in [-0.2, -0.15) is 5.10 Å². The highest BCUT2D eigenvalue weighted by molar-refractivity contribution is 9.10. The molecule has 1 N–H and O–H groups in total. The van der Waals surface area contributed by atoms with Gasteiger partial charge in [0.15, 0.2) is 0 Å². The number of nitrogens with zero attached hydrogens (tertiary/aromatic N) is 1. The monoisotopic (exact) mass is 336 g/mol. The molecule has 1 amide bonds. The Balaban J connectivity index is 2.02. The smallest absolute Gasteiger partial charge is 0.274 e. The van der Waals surface area contributed by atoms with Gasteiger partial charge in [0.25, 0.3) is 5.91 Å². The number of benzene rings is 1. The van der Waals surface area contributed by atoms with Crippen molar-refractivity contribution in [3.63, 3.8) is 0 Å². The Morgan fingerprint density at radius 2 is 2.25 bits per heavy atom. The molecule has 2 rings (SSSR count). The number of ether oxygens (including phenoxy) is 1. The first-order valence-corrected chi connectivity index (χ1v) is 6.62. The lowest BCUT2D eigenvalue weighted by molar-refractivity contribution is 0.0953. The minimum absolute atomic E-state index is 0.305. The van der Waals surface area contributed by atoms with E-state index in [1.165, 1.54) is 6.26 Å². The Bertz CT molecular complexity index is 650. The topological polar surface area (TPSA) is 63.8 Å². The number of nitrogens with one attached hydrogen (secondary N) is 1. The van der Waals surface area contributed by atoms with Gasteiger partial charge in [-0.15, -0.1) is 0 Å². The van der Waals surface area contributed by atoms with Crippen molar-refractivity contribution in [1.29, 1.82) is 0 Å². The Kier molecular flexibility index (Phi) is 4.57. The van der Waals surface area contributed by atoms with Crippen LogP contribution in [0.4, 0.5) is 0 Å². The molecule has 0 atom stereocenters. The van der Waals surface area contributed by atoms with E-state index in [2.05, 4.69) is 26.5 Å². The normalized spacial score (nSPS) is 10.8. The first-order chi connectivity index (χ1) is 9.61. The third-order valence-electron chi connectivity index (χ3n) is 2.66. The van der Waals surface area contributed by atoms with E-state index in [4.69, 9.17) is 9.15 Å². The van der Waals surface area contributed by atoms with E-state index in [1.54, 1.807) is 26.3 Å².